The number of hydrogen-bond donors (Lipinski definition) is 2. The highest BCUT2D eigenvalue weighted by Gasteiger charge is 2.29. The van der Waals surface area contributed by atoms with Crippen LogP contribution in [0.5, 0.6) is 0 Å². The molecule has 0 saturated carbocycles. The highest BCUT2D eigenvalue weighted by Crippen LogP contribution is 2.27. The summed E-state index contributed by atoms with van der Waals surface area (Å²) < 4.78 is 60.2. The van der Waals surface area contributed by atoms with Gasteiger partial charge in [-0.3, -0.25) is 19.0 Å². The van der Waals surface area contributed by atoms with Crippen LogP contribution >= 0.6 is 23.7 Å². The van der Waals surface area contributed by atoms with E-state index in [0.29, 0.717) is 18.6 Å². The number of alkyl halides is 3. The number of rotatable bonds is 9. The third kappa shape index (κ3) is 15.6. The van der Waals surface area contributed by atoms with Gasteiger partial charge >= 0.3 is 5.51 Å². The first-order chi connectivity index (χ1) is 9.49. The molecule has 0 aliphatic heterocycles. The minimum atomic E-state index is -4.51. The largest absolute Gasteiger partial charge is 0.461 e. The van der Waals surface area contributed by atoms with Crippen LogP contribution in [0.25, 0.3) is 0 Å². The summed E-state index contributed by atoms with van der Waals surface area (Å²) in [5, 5.41) is 0. The van der Waals surface area contributed by atoms with Crippen molar-refractivity contribution < 1.29 is 31.2 Å². The first kappa shape index (κ1) is 20.4. The van der Waals surface area contributed by atoms with Crippen molar-refractivity contribution in [2.24, 2.45) is 0 Å². The smallest absolute Gasteiger partial charge is 0.292 e. The molecule has 0 bridgehead atoms. The predicted octanol–water partition coefficient (Wildman–Crippen LogP) is 1.25. The lowest BCUT2D eigenvalue weighted by atomic mass is 10.2. The lowest BCUT2D eigenvalue weighted by molar-refractivity contribution is -0.119. The SMILES string of the molecule is CS(=O)(=O)NC(=O)CCCCSCC(=O)NSC(F)(F)F. The molecular formula is C9H15F3N2O4S3. The summed E-state index contributed by atoms with van der Waals surface area (Å²) in [5.41, 5.74) is -4.51. The average Bonchev–Trinajstić information content (AvgIpc) is 2.27. The van der Waals surface area contributed by atoms with E-state index in [1.54, 1.807) is 4.72 Å². The van der Waals surface area contributed by atoms with Crippen molar-refractivity contribution in [3.8, 4) is 0 Å². The van der Waals surface area contributed by atoms with Crippen LogP contribution in [0.3, 0.4) is 0 Å². The van der Waals surface area contributed by atoms with Crippen molar-refractivity contribution >= 4 is 45.5 Å². The van der Waals surface area contributed by atoms with Gasteiger partial charge in [0.05, 0.1) is 24.0 Å². The number of amides is 2. The lowest BCUT2D eigenvalue weighted by Gasteiger charge is -2.06. The third-order valence-electron chi connectivity index (χ3n) is 1.76. The Balaban J connectivity index is 3.56. The topological polar surface area (TPSA) is 92.3 Å². The van der Waals surface area contributed by atoms with Gasteiger partial charge in [-0.25, -0.2) is 8.42 Å². The zero-order valence-electron chi connectivity index (χ0n) is 11.0. The molecule has 0 aliphatic rings. The van der Waals surface area contributed by atoms with E-state index in [2.05, 4.69) is 0 Å². The van der Waals surface area contributed by atoms with Crippen LogP contribution in [-0.4, -0.2) is 43.5 Å². The van der Waals surface area contributed by atoms with Crippen molar-refractivity contribution in [3.05, 3.63) is 0 Å². The third-order valence-corrected chi connectivity index (χ3v) is 3.96. The van der Waals surface area contributed by atoms with Gasteiger partial charge in [-0.15, -0.1) is 0 Å². The van der Waals surface area contributed by atoms with E-state index in [-0.39, 0.29) is 12.2 Å². The molecule has 0 fully saturated rings. The van der Waals surface area contributed by atoms with E-state index in [0.717, 1.165) is 18.0 Å². The number of nitrogens with one attached hydrogen (secondary N) is 2. The van der Waals surface area contributed by atoms with Gasteiger partial charge in [-0.05, 0) is 18.6 Å². The van der Waals surface area contributed by atoms with E-state index < -0.39 is 39.3 Å². The summed E-state index contributed by atoms with van der Waals surface area (Å²) in [6, 6.07) is 0. The van der Waals surface area contributed by atoms with Crippen LogP contribution in [0, 0.1) is 0 Å². The second-order valence-electron chi connectivity index (χ2n) is 3.88. The highest BCUT2D eigenvalue weighted by molar-refractivity contribution is 8.00. The summed E-state index contributed by atoms with van der Waals surface area (Å²) in [4.78, 5) is 22.1. The van der Waals surface area contributed by atoms with E-state index in [1.807, 2.05) is 4.72 Å². The molecule has 0 radical (unpaired) electrons. The Labute approximate surface area is 129 Å². The Hall–Kier alpha value is -0.620. The fraction of sp³-hybridized carbons (Fsp3) is 0.778. The van der Waals surface area contributed by atoms with Gasteiger partial charge in [0.1, 0.15) is 0 Å². The molecule has 0 aromatic heterocycles. The number of thioether (sulfide) groups is 1. The van der Waals surface area contributed by atoms with Crippen molar-refractivity contribution in [1.29, 1.82) is 0 Å². The molecule has 0 aromatic carbocycles. The lowest BCUT2D eigenvalue weighted by Crippen LogP contribution is -2.29. The zero-order valence-corrected chi connectivity index (χ0v) is 13.5. The van der Waals surface area contributed by atoms with Crippen molar-refractivity contribution in [3.63, 3.8) is 0 Å². The molecule has 21 heavy (non-hydrogen) atoms. The van der Waals surface area contributed by atoms with Gasteiger partial charge < -0.3 is 0 Å². The summed E-state index contributed by atoms with van der Waals surface area (Å²) in [6.07, 6.45) is 1.87. The summed E-state index contributed by atoms with van der Waals surface area (Å²) in [6.45, 7) is 0. The molecule has 0 rings (SSSR count). The molecule has 0 atom stereocenters. The molecule has 2 N–H and O–H groups in total. The molecule has 0 aromatic rings. The summed E-state index contributed by atoms with van der Waals surface area (Å²) in [7, 11) is -3.55. The van der Waals surface area contributed by atoms with Gasteiger partial charge in [0, 0.05) is 6.42 Å². The standard InChI is InChI=1S/C9H15F3N2O4S3/c1-21(17,18)14-7(15)4-2-3-5-19-6-8(16)13-20-9(10,11)12/h2-6H2,1H3,(H,13,16)(H,14,15). The van der Waals surface area contributed by atoms with Crippen LogP contribution in [0.15, 0.2) is 0 Å². The van der Waals surface area contributed by atoms with Crippen LogP contribution in [0.4, 0.5) is 13.2 Å². The maximum absolute atomic E-state index is 11.8. The minimum Gasteiger partial charge on any atom is -0.292 e. The van der Waals surface area contributed by atoms with E-state index in [1.165, 1.54) is 0 Å². The van der Waals surface area contributed by atoms with Gasteiger partial charge in [0.2, 0.25) is 21.8 Å². The van der Waals surface area contributed by atoms with Gasteiger partial charge in [0.25, 0.3) is 0 Å². The van der Waals surface area contributed by atoms with Crippen molar-refractivity contribution in [1.82, 2.24) is 9.44 Å². The van der Waals surface area contributed by atoms with Gasteiger partial charge in [-0.2, -0.15) is 24.9 Å². The maximum Gasteiger partial charge on any atom is 0.461 e. The fourth-order valence-electron chi connectivity index (χ4n) is 1.06. The molecule has 0 heterocycles. The number of carbonyl (C=O) groups excluding carboxylic acids is 2. The number of carbonyl (C=O) groups is 2. The average molecular weight is 368 g/mol. The number of sulfonamides is 1. The van der Waals surface area contributed by atoms with Crippen LogP contribution < -0.4 is 9.44 Å². The summed E-state index contributed by atoms with van der Waals surface area (Å²) in [5.74, 6) is -0.978. The Morgan fingerprint density at radius 2 is 1.76 bits per heavy atom. The molecule has 0 spiro atoms. The fourth-order valence-corrected chi connectivity index (χ4v) is 2.78. The van der Waals surface area contributed by atoms with E-state index in [4.69, 9.17) is 0 Å². The van der Waals surface area contributed by atoms with Gasteiger partial charge in [-0.1, -0.05) is 0 Å². The first-order valence-corrected chi connectivity index (χ1v) is 9.48. The molecule has 124 valence electrons. The predicted molar refractivity (Wildman–Crippen MR) is 76.0 cm³/mol. The Kier molecular flexibility index (Phi) is 9.13. The molecule has 0 unspecified atom stereocenters. The van der Waals surface area contributed by atoms with Crippen LogP contribution in [-0.2, 0) is 19.6 Å². The van der Waals surface area contributed by atoms with Crippen molar-refractivity contribution in [2.75, 3.05) is 17.8 Å². The molecule has 0 aliphatic carbocycles. The molecular weight excluding hydrogens is 353 g/mol. The number of unbranched alkanes of at least 4 members (excludes halogenated alkanes) is 1. The van der Waals surface area contributed by atoms with Gasteiger partial charge in [0.15, 0.2) is 0 Å². The quantitative estimate of drug-likeness (QED) is 0.470. The molecule has 6 nitrogen and oxygen atoms in total. The van der Waals surface area contributed by atoms with Crippen LogP contribution in [0.2, 0.25) is 0 Å². The van der Waals surface area contributed by atoms with Crippen molar-refractivity contribution in [2.45, 2.75) is 24.8 Å². The minimum absolute atomic E-state index is 0.0315. The maximum atomic E-state index is 11.8. The normalized spacial score (nSPS) is 12.0. The zero-order chi connectivity index (χ0) is 16.5. The molecule has 2 amide bonds. The number of hydrogen-bond acceptors (Lipinski definition) is 6. The Morgan fingerprint density at radius 1 is 1.14 bits per heavy atom. The molecule has 0 saturated heterocycles. The Bertz CT molecular complexity index is 454. The highest BCUT2D eigenvalue weighted by atomic mass is 32.2. The monoisotopic (exact) mass is 368 g/mol. The second kappa shape index (κ2) is 9.41. The van der Waals surface area contributed by atoms with Crippen LogP contribution in [0.1, 0.15) is 19.3 Å². The number of halogens is 3. The van der Waals surface area contributed by atoms with E-state index in [9.17, 15) is 31.2 Å². The van der Waals surface area contributed by atoms with E-state index >= 15 is 0 Å². The Morgan fingerprint density at radius 3 is 2.29 bits per heavy atom. The summed E-state index contributed by atoms with van der Waals surface area (Å²) >= 11 is 0.531. The second-order valence-corrected chi connectivity index (χ2v) is 7.60. The molecule has 12 heteroatoms. The first-order valence-electron chi connectivity index (χ1n) is 5.61.